The number of hydrogen-bond donors (Lipinski definition) is 0. The van der Waals surface area contributed by atoms with Crippen molar-refractivity contribution in [2.45, 2.75) is 19.4 Å². The zero-order valence-corrected chi connectivity index (χ0v) is 6.91. The first-order valence-electron chi connectivity index (χ1n) is 4.06. The van der Waals surface area contributed by atoms with Gasteiger partial charge in [-0.15, -0.1) is 0 Å². The normalized spacial score (nSPS) is 21.4. The van der Waals surface area contributed by atoms with Crippen LogP contribution in [0.2, 0.25) is 0 Å². The van der Waals surface area contributed by atoms with Crippen LogP contribution in [-0.2, 0) is 11.2 Å². The number of carbonyl (C=O) groups is 1. The van der Waals surface area contributed by atoms with Crippen LogP contribution >= 0.6 is 0 Å². The summed E-state index contributed by atoms with van der Waals surface area (Å²) in [5.74, 6) is -0.190. The predicted molar refractivity (Wildman–Crippen MR) is 45.0 cm³/mol. The molecule has 0 aliphatic carbocycles. The van der Waals surface area contributed by atoms with E-state index < -0.39 is 0 Å². The molecule has 1 aromatic carbocycles. The maximum atomic E-state index is 11.3. The van der Waals surface area contributed by atoms with Crippen LogP contribution in [0.5, 0.6) is 0 Å². The molecule has 0 fully saturated rings. The van der Waals surface area contributed by atoms with E-state index in [-0.39, 0.29) is 12.1 Å². The summed E-state index contributed by atoms with van der Waals surface area (Å²) in [5, 5.41) is 0. The van der Waals surface area contributed by atoms with Crippen molar-refractivity contribution in [3.8, 4) is 0 Å². The lowest BCUT2D eigenvalue weighted by molar-refractivity contribution is 0.0301. The molecule has 1 atom stereocenters. The van der Waals surface area contributed by atoms with Crippen molar-refractivity contribution in [3.05, 3.63) is 35.4 Å². The van der Waals surface area contributed by atoms with Gasteiger partial charge in [0.25, 0.3) is 0 Å². The molecule has 2 nitrogen and oxygen atoms in total. The quantitative estimate of drug-likeness (QED) is 0.543. The molecule has 62 valence electrons. The minimum Gasteiger partial charge on any atom is -0.459 e. The van der Waals surface area contributed by atoms with Crippen molar-refractivity contribution in [2.75, 3.05) is 0 Å². The first-order valence-corrected chi connectivity index (χ1v) is 4.06. The largest absolute Gasteiger partial charge is 0.459 e. The minimum atomic E-state index is -0.190. The van der Waals surface area contributed by atoms with E-state index in [1.54, 1.807) is 0 Å². The molecule has 1 aliphatic heterocycles. The summed E-state index contributed by atoms with van der Waals surface area (Å²) in [7, 11) is 0. The average Bonchev–Trinajstić information content (AvgIpc) is 2.04. The summed E-state index contributed by atoms with van der Waals surface area (Å²) in [6.07, 6.45) is 0.856. The molecule has 1 aromatic rings. The topological polar surface area (TPSA) is 26.3 Å². The van der Waals surface area contributed by atoms with Gasteiger partial charge in [-0.25, -0.2) is 4.79 Å². The van der Waals surface area contributed by atoms with Gasteiger partial charge >= 0.3 is 5.97 Å². The van der Waals surface area contributed by atoms with Gasteiger partial charge < -0.3 is 4.74 Å². The number of benzene rings is 1. The predicted octanol–water partition coefficient (Wildman–Crippen LogP) is 1.79. The van der Waals surface area contributed by atoms with E-state index in [1.165, 1.54) is 0 Å². The summed E-state index contributed by atoms with van der Waals surface area (Å²) in [6, 6.07) is 7.59. The van der Waals surface area contributed by atoms with E-state index in [2.05, 4.69) is 0 Å². The number of carbonyl (C=O) groups excluding carboxylic acids is 1. The third-order valence-electron chi connectivity index (χ3n) is 2.05. The van der Waals surface area contributed by atoms with Crippen LogP contribution in [0.25, 0.3) is 0 Å². The maximum Gasteiger partial charge on any atom is 0.338 e. The Labute approximate surface area is 71.2 Å². The van der Waals surface area contributed by atoms with Crippen molar-refractivity contribution in [2.24, 2.45) is 0 Å². The molecule has 1 aliphatic rings. The Balaban J connectivity index is 2.47. The first kappa shape index (κ1) is 7.35. The van der Waals surface area contributed by atoms with E-state index in [1.807, 2.05) is 31.2 Å². The van der Waals surface area contributed by atoms with Crippen LogP contribution in [0.1, 0.15) is 22.8 Å². The van der Waals surface area contributed by atoms with Gasteiger partial charge in [-0.1, -0.05) is 18.2 Å². The molecule has 1 heterocycles. The van der Waals surface area contributed by atoms with Crippen LogP contribution in [0.15, 0.2) is 24.3 Å². The third-order valence-corrected chi connectivity index (χ3v) is 2.05. The smallest absolute Gasteiger partial charge is 0.338 e. The zero-order chi connectivity index (χ0) is 8.55. The number of hydrogen-bond acceptors (Lipinski definition) is 2. The van der Waals surface area contributed by atoms with Crippen molar-refractivity contribution in [1.82, 2.24) is 0 Å². The van der Waals surface area contributed by atoms with E-state index in [0.29, 0.717) is 0 Å². The Morgan fingerprint density at radius 1 is 1.42 bits per heavy atom. The zero-order valence-electron chi connectivity index (χ0n) is 6.91. The van der Waals surface area contributed by atoms with Crippen molar-refractivity contribution < 1.29 is 9.53 Å². The Kier molecular flexibility index (Phi) is 1.61. The van der Waals surface area contributed by atoms with E-state index in [9.17, 15) is 4.79 Å². The Hall–Kier alpha value is -1.31. The summed E-state index contributed by atoms with van der Waals surface area (Å²) >= 11 is 0. The number of esters is 1. The number of fused-ring (bicyclic) bond motifs is 1. The van der Waals surface area contributed by atoms with Gasteiger partial charge in [-0.05, 0) is 18.6 Å². The van der Waals surface area contributed by atoms with Gasteiger partial charge in [-0.3, -0.25) is 0 Å². The number of ether oxygens (including phenoxy) is 1. The molecular formula is C10H10O2. The van der Waals surface area contributed by atoms with E-state index in [0.717, 1.165) is 17.5 Å². The summed E-state index contributed by atoms with van der Waals surface area (Å²) in [5.41, 5.74) is 1.82. The fourth-order valence-corrected chi connectivity index (χ4v) is 1.50. The Morgan fingerprint density at radius 2 is 2.17 bits per heavy atom. The van der Waals surface area contributed by atoms with Gasteiger partial charge in [0.15, 0.2) is 0 Å². The lowest BCUT2D eigenvalue weighted by Crippen LogP contribution is -2.24. The van der Waals surface area contributed by atoms with Crippen LogP contribution in [0.4, 0.5) is 0 Å². The van der Waals surface area contributed by atoms with E-state index >= 15 is 0 Å². The molecule has 2 rings (SSSR count). The molecule has 0 unspecified atom stereocenters. The van der Waals surface area contributed by atoms with Gasteiger partial charge in [0.05, 0.1) is 5.56 Å². The van der Waals surface area contributed by atoms with Crippen LogP contribution in [-0.4, -0.2) is 12.1 Å². The van der Waals surface area contributed by atoms with Crippen molar-refractivity contribution in [1.29, 1.82) is 0 Å². The molecule has 0 radical (unpaired) electrons. The monoisotopic (exact) mass is 162 g/mol. The lowest BCUT2D eigenvalue weighted by atomic mass is 10.00. The average molecular weight is 162 g/mol. The first-order chi connectivity index (χ1) is 5.77. The Morgan fingerprint density at radius 3 is 3.00 bits per heavy atom. The molecule has 0 spiro atoms. The van der Waals surface area contributed by atoms with E-state index in [4.69, 9.17) is 4.74 Å². The molecule has 0 saturated carbocycles. The van der Waals surface area contributed by atoms with Crippen LogP contribution in [0, 0.1) is 0 Å². The molecule has 2 heteroatoms. The molecule has 12 heavy (non-hydrogen) atoms. The Bertz CT molecular complexity index is 317. The van der Waals surface area contributed by atoms with Gasteiger partial charge in [0, 0.05) is 6.42 Å². The minimum absolute atomic E-state index is 0.0207. The second kappa shape index (κ2) is 2.63. The molecule has 0 aromatic heterocycles. The second-order valence-corrected chi connectivity index (χ2v) is 3.08. The van der Waals surface area contributed by atoms with Crippen LogP contribution in [0.3, 0.4) is 0 Å². The van der Waals surface area contributed by atoms with Gasteiger partial charge in [0.1, 0.15) is 6.10 Å². The maximum absolute atomic E-state index is 11.3. The highest BCUT2D eigenvalue weighted by Crippen LogP contribution is 2.19. The molecular weight excluding hydrogens is 152 g/mol. The fourth-order valence-electron chi connectivity index (χ4n) is 1.50. The van der Waals surface area contributed by atoms with Crippen molar-refractivity contribution in [3.63, 3.8) is 0 Å². The summed E-state index contributed by atoms with van der Waals surface area (Å²) in [4.78, 5) is 11.3. The standard InChI is InChI=1S/C10H10O2/c1-7-6-8-4-2-3-5-9(8)10(11)12-7/h2-5,7H,6H2,1H3/t7-/m0/s1. The highest BCUT2D eigenvalue weighted by atomic mass is 16.5. The number of cyclic esters (lactones) is 1. The van der Waals surface area contributed by atoms with Crippen LogP contribution < -0.4 is 0 Å². The molecule has 0 bridgehead atoms. The third kappa shape index (κ3) is 1.09. The van der Waals surface area contributed by atoms with Gasteiger partial charge in [-0.2, -0.15) is 0 Å². The molecule has 0 amide bonds. The number of rotatable bonds is 0. The highest BCUT2D eigenvalue weighted by Gasteiger charge is 2.22. The fraction of sp³-hybridized carbons (Fsp3) is 0.300. The molecule has 0 saturated heterocycles. The van der Waals surface area contributed by atoms with Gasteiger partial charge in [0.2, 0.25) is 0 Å². The second-order valence-electron chi connectivity index (χ2n) is 3.08. The molecule has 0 N–H and O–H groups in total. The summed E-state index contributed by atoms with van der Waals surface area (Å²) in [6.45, 7) is 1.91. The SMILES string of the molecule is C[C@H]1Cc2ccccc2C(=O)O1. The lowest BCUT2D eigenvalue weighted by Gasteiger charge is -2.20. The highest BCUT2D eigenvalue weighted by molar-refractivity contribution is 5.92. The summed E-state index contributed by atoms with van der Waals surface area (Å²) < 4.78 is 5.07. The van der Waals surface area contributed by atoms with Crippen molar-refractivity contribution >= 4 is 5.97 Å².